The summed E-state index contributed by atoms with van der Waals surface area (Å²) in [5.41, 5.74) is 0.505. The molecule has 0 unspecified atom stereocenters. The van der Waals surface area contributed by atoms with Crippen molar-refractivity contribution in [3.63, 3.8) is 0 Å². The smallest absolute Gasteiger partial charge is 0.273 e. The SMILES string of the molecule is COCCN1CCN(C(=O)c2csc(NC(=O)c3cccc(F)c3)n2)CC1. The zero-order valence-corrected chi connectivity index (χ0v) is 15.8. The van der Waals surface area contributed by atoms with Crippen LogP contribution in [0.3, 0.4) is 0 Å². The Labute approximate surface area is 160 Å². The third-order valence-corrected chi connectivity index (χ3v) is 5.06. The zero-order chi connectivity index (χ0) is 19.2. The topological polar surface area (TPSA) is 74.8 Å². The number of halogens is 1. The number of piperazine rings is 1. The largest absolute Gasteiger partial charge is 0.383 e. The van der Waals surface area contributed by atoms with Crippen molar-refractivity contribution in [1.82, 2.24) is 14.8 Å². The van der Waals surface area contributed by atoms with Crippen molar-refractivity contribution in [2.45, 2.75) is 0 Å². The van der Waals surface area contributed by atoms with Crippen LogP contribution in [0.15, 0.2) is 29.6 Å². The molecule has 0 spiro atoms. The number of amides is 2. The van der Waals surface area contributed by atoms with Gasteiger partial charge in [-0.1, -0.05) is 6.07 Å². The molecule has 27 heavy (non-hydrogen) atoms. The number of hydrogen-bond acceptors (Lipinski definition) is 6. The lowest BCUT2D eigenvalue weighted by Crippen LogP contribution is -2.49. The van der Waals surface area contributed by atoms with Gasteiger partial charge < -0.3 is 9.64 Å². The summed E-state index contributed by atoms with van der Waals surface area (Å²) in [6.07, 6.45) is 0. The molecule has 7 nitrogen and oxygen atoms in total. The highest BCUT2D eigenvalue weighted by Gasteiger charge is 2.24. The van der Waals surface area contributed by atoms with Gasteiger partial charge >= 0.3 is 0 Å². The molecule has 0 aliphatic carbocycles. The first-order valence-corrected chi connectivity index (χ1v) is 9.48. The van der Waals surface area contributed by atoms with Gasteiger partial charge in [-0.25, -0.2) is 9.37 Å². The number of benzene rings is 1. The summed E-state index contributed by atoms with van der Waals surface area (Å²) in [5.74, 6) is -1.10. The maximum atomic E-state index is 13.2. The van der Waals surface area contributed by atoms with E-state index in [2.05, 4.69) is 15.2 Å². The van der Waals surface area contributed by atoms with Crippen LogP contribution < -0.4 is 5.32 Å². The van der Waals surface area contributed by atoms with Crippen molar-refractivity contribution < 1.29 is 18.7 Å². The summed E-state index contributed by atoms with van der Waals surface area (Å²) in [6.45, 7) is 4.38. The predicted molar refractivity (Wildman–Crippen MR) is 101 cm³/mol. The molecule has 1 saturated heterocycles. The van der Waals surface area contributed by atoms with Crippen LogP contribution in [-0.2, 0) is 4.74 Å². The Morgan fingerprint density at radius 3 is 2.78 bits per heavy atom. The van der Waals surface area contributed by atoms with E-state index < -0.39 is 11.7 Å². The van der Waals surface area contributed by atoms with Gasteiger partial charge in [0.25, 0.3) is 11.8 Å². The van der Waals surface area contributed by atoms with Crippen LogP contribution in [-0.4, -0.2) is 73.0 Å². The maximum absolute atomic E-state index is 13.2. The van der Waals surface area contributed by atoms with E-state index >= 15 is 0 Å². The molecule has 1 aliphatic rings. The lowest BCUT2D eigenvalue weighted by atomic mass is 10.2. The highest BCUT2D eigenvalue weighted by atomic mass is 32.1. The number of nitrogens with one attached hydrogen (secondary N) is 1. The lowest BCUT2D eigenvalue weighted by Gasteiger charge is -2.34. The van der Waals surface area contributed by atoms with Gasteiger partial charge in [0.2, 0.25) is 0 Å². The average molecular weight is 392 g/mol. The summed E-state index contributed by atoms with van der Waals surface area (Å²) in [7, 11) is 1.67. The Morgan fingerprint density at radius 2 is 2.07 bits per heavy atom. The third kappa shape index (κ3) is 5.09. The molecule has 1 fully saturated rings. The second-order valence-corrected chi connectivity index (χ2v) is 6.99. The van der Waals surface area contributed by atoms with Crippen molar-refractivity contribution in [3.05, 3.63) is 46.7 Å². The Hall–Kier alpha value is -2.36. The fourth-order valence-electron chi connectivity index (χ4n) is 2.79. The molecular weight excluding hydrogens is 371 g/mol. The van der Waals surface area contributed by atoms with Crippen LogP contribution in [0.5, 0.6) is 0 Å². The Balaban J connectivity index is 1.56. The molecular formula is C18H21FN4O3S. The van der Waals surface area contributed by atoms with Crippen LogP contribution in [0.1, 0.15) is 20.8 Å². The monoisotopic (exact) mass is 392 g/mol. The lowest BCUT2D eigenvalue weighted by molar-refractivity contribution is 0.0589. The normalized spacial score (nSPS) is 15.0. The molecule has 1 N–H and O–H groups in total. The van der Waals surface area contributed by atoms with Crippen molar-refractivity contribution in [3.8, 4) is 0 Å². The number of rotatable bonds is 6. The van der Waals surface area contributed by atoms with E-state index in [4.69, 9.17) is 4.74 Å². The highest BCUT2D eigenvalue weighted by molar-refractivity contribution is 7.14. The molecule has 1 aromatic carbocycles. The van der Waals surface area contributed by atoms with Gasteiger partial charge in [-0.3, -0.25) is 19.8 Å². The number of anilines is 1. The summed E-state index contributed by atoms with van der Waals surface area (Å²) in [6, 6.07) is 5.40. The third-order valence-electron chi connectivity index (χ3n) is 4.30. The molecule has 2 aromatic rings. The minimum absolute atomic E-state index is 0.149. The van der Waals surface area contributed by atoms with Gasteiger partial charge in [-0.15, -0.1) is 11.3 Å². The van der Waals surface area contributed by atoms with E-state index in [-0.39, 0.29) is 11.5 Å². The number of methoxy groups -OCH3 is 1. The van der Waals surface area contributed by atoms with Gasteiger partial charge in [0, 0.05) is 50.8 Å². The molecule has 2 heterocycles. The number of hydrogen-bond donors (Lipinski definition) is 1. The van der Waals surface area contributed by atoms with Crippen LogP contribution in [0.25, 0.3) is 0 Å². The van der Waals surface area contributed by atoms with E-state index in [0.29, 0.717) is 30.5 Å². The van der Waals surface area contributed by atoms with Crippen molar-refractivity contribution >= 4 is 28.3 Å². The zero-order valence-electron chi connectivity index (χ0n) is 15.0. The summed E-state index contributed by atoms with van der Waals surface area (Å²) in [4.78, 5) is 33.0. The molecule has 9 heteroatoms. The predicted octanol–water partition coefficient (Wildman–Crippen LogP) is 1.94. The standard InChI is InChI=1S/C18H21FN4O3S/c1-26-10-9-22-5-7-23(8-6-22)17(25)15-12-27-18(20-15)21-16(24)13-3-2-4-14(19)11-13/h2-4,11-12H,5-10H2,1H3,(H,20,21,24). The molecule has 0 saturated carbocycles. The van der Waals surface area contributed by atoms with Crippen molar-refractivity contribution in [1.29, 1.82) is 0 Å². The Bertz CT molecular complexity index is 805. The fourth-order valence-corrected chi connectivity index (χ4v) is 3.46. The summed E-state index contributed by atoms with van der Waals surface area (Å²) < 4.78 is 18.3. The quantitative estimate of drug-likeness (QED) is 0.813. The van der Waals surface area contributed by atoms with E-state index in [1.807, 2.05) is 0 Å². The Kier molecular flexibility index (Phi) is 6.49. The Morgan fingerprint density at radius 1 is 1.30 bits per heavy atom. The molecule has 2 amide bonds. The maximum Gasteiger partial charge on any atom is 0.273 e. The molecule has 3 rings (SSSR count). The van der Waals surface area contributed by atoms with Crippen LogP contribution in [0.2, 0.25) is 0 Å². The van der Waals surface area contributed by atoms with Gasteiger partial charge in [0.1, 0.15) is 11.5 Å². The average Bonchev–Trinajstić information content (AvgIpc) is 3.14. The molecule has 0 bridgehead atoms. The summed E-state index contributed by atoms with van der Waals surface area (Å²) >= 11 is 1.17. The molecule has 144 valence electrons. The van der Waals surface area contributed by atoms with Gasteiger partial charge in [-0.05, 0) is 18.2 Å². The minimum atomic E-state index is -0.484. The molecule has 0 atom stereocenters. The van der Waals surface area contributed by atoms with E-state index in [1.54, 1.807) is 17.4 Å². The molecule has 1 aromatic heterocycles. The number of carbonyl (C=O) groups excluding carboxylic acids is 2. The number of thiazole rings is 1. The summed E-state index contributed by atoms with van der Waals surface area (Å²) in [5, 5.41) is 4.54. The first kappa shape index (κ1) is 19.4. The first-order valence-electron chi connectivity index (χ1n) is 8.60. The molecule has 0 radical (unpaired) electrons. The van der Waals surface area contributed by atoms with Gasteiger partial charge in [-0.2, -0.15) is 0 Å². The number of carbonyl (C=O) groups is 2. The number of aromatic nitrogens is 1. The van der Waals surface area contributed by atoms with Crippen LogP contribution >= 0.6 is 11.3 Å². The van der Waals surface area contributed by atoms with E-state index in [9.17, 15) is 14.0 Å². The highest BCUT2D eigenvalue weighted by Crippen LogP contribution is 2.19. The fraction of sp³-hybridized carbons (Fsp3) is 0.389. The second kappa shape index (κ2) is 9.03. The van der Waals surface area contributed by atoms with E-state index in [0.717, 1.165) is 25.7 Å². The van der Waals surface area contributed by atoms with Crippen LogP contribution in [0, 0.1) is 5.82 Å². The minimum Gasteiger partial charge on any atom is -0.383 e. The number of ether oxygens (including phenoxy) is 1. The van der Waals surface area contributed by atoms with Crippen molar-refractivity contribution in [2.75, 3.05) is 51.8 Å². The molecule has 1 aliphatic heterocycles. The first-order chi connectivity index (χ1) is 13.1. The van der Waals surface area contributed by atoms with Crippen molar-refractivity contribution in [2.24, 2.45) is 0 Å². The van der Waals surface area contributed by atoms with E-state index in [1.165, 1.54) is 29.5 Å². The van der Waals surface area contributed by atoms with Gasteiger partial charge in [0.15, 0.2) is 5.13 Å². The number of nitrogens with zero attached hydrogens (tertiary/aromatic N) is 3. The van der Waals surface area contributed by atoms with Crippen LogP contribution in [0.4, 0.5) is 9.52 Å². The second-order valence-electron chi connectivity index (χ2n) is 6.13. The van der Waals surface area contributed by atoms with Gasteiger partial charge in [0.05, 0.1) is 6.61 Å².